The van der Waals surface area contributed by atoms with Gasteiger partial charge in [0.1, 0.15) is 0 Å². The summed E-state index contributed by atoms with van der Waals surface area (Å²) in [7, 11) is 0. The molecule has 1 aliphatic heterocycles. The molecule has 2 fully saturated rings. The van der Waals surface area contributed by atoms with Gasteiger partial charge in [0.05, 0.1) is 0 Å². The molecule has 1 spiro atoms. The molecule has 0 amide bonds. The van der Waals surface area contributed by atoms with Gasteiger partial charge in [-0.1, -0.05) is 36.3 Å². The van der Waals surface area contributed by atoms with E-state index in [1.807, 2.05) is 0 Å². The second-order valence-corrected chi connectivity index (χ2v) is 6.05. The van der Waals surface area contributed by atoms with Crippen LogP contribution >= 0.6 is 0 Å². The highest BCUT2D eigenvalue weighted by Gasteiger charge is 2.58. The van der Waals surface area contributed by atoms with Crippen LogP contribution < -0.4 is 5.32 Å². The Morgan fingerprint density at radius 3 is 2.90 bits per heavy atom. The number of hydrogen-bond donors (Lipinski definition) is 1. The first-order chi connectivity index (χ1) is 9.81. The van der Waals surface area contributed by atoms with Gasteiger partial charge in [0.2, 0.25) is 11.7 Å². The van der Waals surface area contributed by atoms with E-state index < -0.39 is 0 Å². The van der Waals surface area contributed by atoms with E-state index in [9.17, 15) is 0 Å². The monoisotopic (exact) mass is 269 g/mol. The van der Waals surface area contributed by atoms with Gasteiger partial charge in [0.15, 0.2) is 0 Å². The van der Waals surface area contributed by atoms with Crippen LogP contribution in [0.15, 0.2) is 28.8 Å². The lowest BCUT2D eigenvalue weighted by molar-refractivity contribution is 0.364. The van der Waals surface area contributed by atoms with Crippen LogP contribution in [-0.4, -0.2) is 23.2 Å². The predicted octanol–water partition coefficient (Wildman–Crippen LogP) is 2.77. The highest BCUT2D eigenvalue weighted by molar-refractivity contribution is 5.54. The quantitative estimate of drug-likeness (QED) is 0.931. The van der Waals surface area contributed by atoms with Crippen molar-refractivity contribution in [2.75, 3.05) is 13.1 Å². The summed E-state index contributed by atoms with van der Waals surface area (Å²) >= 11 is 0. The molecule has 2 aromatic rings. The summed E-state index contributed by atoms with van der Waals surface area (Å²) in [6.45, 7) is 4.38. The van der Waals surface area contributed by atoms with Crippen molar-refractivity contribution in [3.63, 3.8) is 0 Å². The van der Waals surface area contributed by atoms with E-state index in [4.69, 9.17) is 4.52 Å². The van der Waals surface area contributed by atoms with Crippen molar-refractivity contribution in [3.8, 4) is 11.4 Å². The Kier molecular flexibility index (Phi) is 2.67. The van der Waals surface area contributed by atoms with Gasteiger partial charge in [-0.15, -0.1) is 0 Å². The molecule has 104 valence electrons. The van der Waals surface area contributed by atoms with Gasteiger partial charge in [-0.25, -0.2) is 0 Å². The van der Waals surface area contributed by atoms with Crippen molar-refractivity contribution in [1.82, 2.24) is 15.5 Å². The lowest BCUT2D eigenvalue weighted by Gasteiger charge is -2.02. The zero-order valence-electron chi connectivity index (χ0n) is 11.7. The number of nitrogens with one attached hydrogen (secondary N) is 1. The van der Waals surface area contributed by atoms with Crippen LogP contribution in [0.2, 0.25) is 0 Å². The normalized spacial score (nSPS) is 28.1. The largest absolute Gasteiger partial charge is 0.339 e. The number of rotatable bonds is 3. The Labute approximate surface area is 118 Å². The molecule has 4 nitrogen and oxygen atoms in total. The molecule has 2 unspecified atom stereocenters. The molecule has 1 N–H and O–H groups in total. The maximum absolute atomic E-state index is 5.50. The number of nitrogens with zero attached hydrogens (tertiary/aromatic N) is 2. The van der Waals surface area contributed by atoms with E-state index >= 15 is 0 Å². The van der Waals surface area contributed by atoms with E-state index in [2.05, 4.69) is 46.6 Å². The van der Waals surface area contributed by atoms with E-state index in [0.717, 1.165) is 36.8 Å². The third-order valence-electron chi connectivity index (χ3n) is 4.83. The van der Waals surface area contributed by atoms with Crippen LogP contribution in [0.5, 0.6) is 0 Å². The van der Waals surface area contributed by atoms with Crippen molar-refractivity contribution in [3.05, 3.63) is 35.7 Å². The maximum atomic E-state index is 5.50. The van der Waals surface area contributed by atoms with Gasteiger partial charge in [-0.2, -0.15) is 4.98 Å². The third-order valence-corrected chi connectivity index (χ3v) is 4.83. The van der Waals surface area contributed by atoms with Crippen LogP contribution in [0.3, 0.4) is 0 Å². The summed E-state index contributed by atoms with van der Waals surface area (Å²) in [5.74, 6) is 2.01. The summed E-state index contributed by atoms with van der Waals surface area (Å²) < 4.78 is 5.50. The number of aromatic nitrogens is 2. The molecule has 20 heavy (non-hydrogen) atoms. The molecule has 2 aliphatic rings. The Morgan fingerprint density at radius 1 is 1.35 bits per heavy atom. The Morgan fingerprint density at radius 2 is 2.20 bits per heavy atom. The van der Waals surface area contributed by atoms with E-state index in [1.54, 1.807) is 0 Å². The zero-order chi connectivity index (χ0) is 13.6. The second-order valence-electron chi connectivity index (χ2n) is 6.05. The molecule has 1 aromatic carbocycles. The Hall–Kier alpha value is -1.68. The van der Waals surface area contributed by atoms with Gasteiger partial charge >= 0.3 is 0 Å². The summed E-state index contributed by atoms with van der Waals surface area (Å²) in [5.41, 5.74) is 2.78. The molecular weight excluding hydrogens is 250 g/mol. The smallest absolute Gasteiger partial charge is 0.230 e. The molecule has 4 heteroatoms. The molecule has 4 rings (SSSR count). The SMILES string of the molecule is CCc1ccc(-c2noc(C3CC34CCNC4)n2)cc1. The number of aryl methyl sites for hydroxylation is 1. The van der Waals surface area contributed by atoms with Crippen LogP contribution in [0, 0.1) is 5.41 Å². The summed E-state index contributed by atoms with van der Waals surface area (Å²) in [4.78, 5) is 4.61. The Bertz CT molecular complexity index is 611. The minimum absolute atomic E-state index is 0.413. The highest BCUT2D eigenvalue weighted by Crippen LogP contribution is 2.62. The molecule has 0 radical (unpaired) electrons. The Balaban J connectivity index is 1.56. The number of hydrogen-bond acceptors (Lipinski definition) is 4. The average Bonchev–Trinajstić information content (AvgIpc) is 2.86. The second kappa shape index (κ2) is 4.42. The van der Waals surface area contributed by atoms with E-state index in [-0.39, 0.29) is 0 Å². The van der Waals surface area contributed by atoms with Gasteiger partial charge < -0.3 is 9.84 Å². The fourth-order valence-corrected chi connectivity index (χ4v) is 3.32. The van der Waals surface area contributed by atoms with Gasteiger partial charge in [0, 0.05) is 18.0 Å². The summed E-state index contributed by atoms with van der Waals surface area (Å²) in [6.07, 6.45) is 3.48. The van der Waals surface area contributed by atoms with Gasteiger partial charge in [-0.3, -0.25) is 0 Å². The molecule has 0 bridgehead atoms. The lowest BCUT2D eigenvalue weighted by atomic mass is 10.0. The van der Waals surface area contributed by atoms with Gasteiger partial charge in [-0.05, 0) is 36.8 Å². The van der Waals surface area contributed by atoms with Crippen molar-refractivity contribution >= 4 is 0 Å². The van der Waals surface area contributed by atoms with Gasteiger partial charge in [0.25, 0.3) is 0 Å². The standard InChI is InChI=1S/C16H19N3O/c1-2-11-3-5-12(6-4-11)14-18-15(20-19-14)13-9-16(13)7-8-17-10-16/h3-6,13,17H,2,7-10H2,1H3. The lowest BCUT2D eigenvalue weighted by Crippen LogP contribution is -2.10. The van der Waals surface area contributed by atoms with Crippen LogP contribution in [0.1, 0.15) is 37.1 Å². The van der Waals surface area contributed by atoms with Crippen molar-refractivity contribution in [2.45, 2.75) is 32.1 Å². The first-order valence-corrected chi connectivity index (χ1v) is 7.44. The van der Waals surface area contributed by atoms with E-state index in [1.165, 1.54) is 18.4 Å². The molecule has 2 atom stereocenters. The fraction of sp³-hybridized carbons (Fsp3) is 0.500. The first-order valence-electron chi connectivity index (χ1n) is 7.44. The predicted molar refractivity (Wildman–Crippen MR) is 76.4 cm³/mol. The zero-order valence-corrected chi connectivity index (χ0v) is 11.7. The molecule has 1 saturated heterocycles. The van der Waals surface area contributed by atoms with E-state index in [0.29, 0.717) is 11.3 Å². The highest BCUT2D eigenvalue weighted by atomic mass is 16.5. The fourth-order valence-electron chi connectivity index (χ4n) is 3.32. The maximum Gasteiger partial charge on any atom is 0.230 e. The minimum Gasteiger partial charge on any atom is -0.339 e. The molecular formula is C16H19N3O. The van der Waals surface area contributed by atoms with Crippen LogP contribution in [-0.2, 0) is 6.42 Å². The van der Waals surface area contributed by atoms with Crippen LogP contribution in [0.4, 0.5) is 0 Å². The average molecular weight is 269 g/mol. The third kappa shape index (κ3) is 1.86. The summed E-state index contributed by atoms with van der Waals surface area (Å²) in [6, 6.07) is 8.41. The van der Waals surface area contributed by atoms with Crippen molar-refractivity contribution in [1.29, 1.82) is 0 Å². The van der Waals surface area contributed by atoms with Crippen LogP contribution in [0.25, 0.3) is 11.4 Å². The first kappa shape index (κ1) is 12.1. The minimum atomic E-state index is 0.413. The van der Waals surface area contributed by atoms with Crippen molar-refractivity contribution < 1.29 is 4.52 Å². The molecule has 1 aliphatic carbocycles. The topological polar surface area (TPSA) is 51.0 Å². The molecule has 2 heterocycles. The van der Waals surface area contributed by atoms with Crippen molar-refractivity contribution in [2.24, 2.45) is 5.41 Å². The molecule has 1 aromatic heterocycles. The molecule has 1 saturated carbocycles. The number of benzene rings is 1. The summed E-state index contributed by atoms with van der Waals surface area (Å²) in [5, 5.41) is 7.59.